The first-order valence-electron chi connectivity index (χ1n) is 6.88. The average molecular weight is 230 g/mol. The first-order chi connectivity index (χ1) is 8.34. The summed E-state index contributed by atoms with van der Waals surface area (Å²) in [6.45, 7) is 2.36. The normalized spacial score (nSPS) is 33.6. The third kappa shape index (κ3) is 2.53. The van der Waals surface area contributed by atoms with Gasteiger partial charge in [-0.25, -0.2) is 0 Å². The fourth-order valence-corrected chi connectivity index (χ4v) is 3.19. The standard InChI is InChI=1S/C15H22N2/c16-14-10-13(14)15-8-4-5-9-17(15)11-12-6-2-1-3-7-12/h1-3,6-7,13-15H,4-5,8-11,16H2. The number of likely N-dealkylation sites (tertiary alicyclic amines) is 1. The van der Waals surface area contributed by atoms with Crippen molar-refractivity contribution in [3.8, 4) is 0 Å². The van der Waals surface area contributed by atoms with E-state index in [1.807, 2.05) is 0 Å². The number of rotatable bonds is 3. The van der Waals surface area contributed by atoms with Crippen LogP contribution in [0.3, 0.4) is 0 Å². The van der Waals surface area contributed by atoms with E-state index in [1.54, 1.807) is 0 Å². The Morgan fingerprint density at radius 2 is 1.94 bits per heavy atom. The minimum absolute atomic E-state index is 0.483. The predicted octanol–water partition coefficient (Wildman–Crippen LogP) is 2.39. The zero-order chi connectivity index (χ0) is 11.7. The highest BCUT2D eigenvalue weighted by Gasteiger charge is 2.43. The minimum atomic E-state index is 0.483. The summed E-state index contributed by atoms with van der Waals surface area (Å²) >= 11 is 0. The fourth-order valence-electron chi connectivity index (χ4n) is 3.19. The van der Waals surface area contributed by atoms with Gasteiger partial charge in [0.15, 0.2) is 0 Å². The molecule has 1 aromatic rings. The summed E-state index contributed by atoms with van der Waals surface area (Å²) in [5, 5.41) is 0. The molecular weight excluding hydrogens is 208 g/mol. The zero-order valence-electron chi connectivity index (χ0n) is 10.4. The summed E-state index contributed by atoms with van der Waals surface area (Å²) in [6, 6.07) is 12.1. The van der Waals surface area contributed by atoms with Gasteiger partial charge in [0.25, 0.3) is 0 Å². The van der Waals surface area contributed by atoms with E-state index >= 15 is 0 Å². The lowest BCUT2D eigenvalue weighted by molar-refractivity contribution is 0.121. The molecule has 3 unspecified atom stereocenters. The van der Waals surface area contributed by atoms with Crippen LogP contribution in [0.25, 0.3) is 0 Å². The molecule has 2 fully saturated rings. The lowest BCUT2D eigenvalue weighted by Crippen LogP contribution is -2.41. The van der Waals surface area contributed by atoms with Crippen molar-refractivity contribution in [1.29, 1.82) is 0 Å². The SMILES string of the molecule is NC1CC1C1CCCCN1Cc1ccccc1. The number of benzene rings is 1. The second-order valence-electron chi connectivity index (χ2n) is 5.58. The van der Waals surface area contributed by atoms with Gasteiger partial charge in [0.1, 0.15) is 0 Å². The van der Waals surface area contributed by atoms with Gasteiger partial charge >= 0.3 is 0 Å². The largest absolute Gasteiger partial charge is 0.327 e. The van der Waals surface area contributed by atoms with Gasteiger partial charge in [-0.1, -0.05) is 36.8 Å². The Hall–Kier alpha value is -0.860. The van der Waals surface area contributed by atoms with Crippen molar-refractivity contribution in [2.24, 2.45) is 11.7 Å². The first-order valence-corrected chi connectivity index (χ1v) is 6.88. The van der Waals surface area contributed by atoms with E-state index in [0.29, 0.717) is 6.04 Å². The molecule has 2 aliphatic rings. The number of nitrogens with zero attached hydrogens (tertiary/aromatic N) is 1. The van der Waals surface area contributed by atoms with Crippen LogP contribution < -0.4 is 5.73 Å². The molecule has 1 saturated heterocycles. The third-order valence-electron chi connectivity index (χ3n) is 4.28. The van der Waals surface area contributed by atoms with Gasteiger partial charge in [-0.3, -0.25) is 4.90 Å². The molecule has 1 heterocycles. The summed E-state index contributed by atoms with van der Waals surface area (Å²) < 4.78 is 0. The van der Waals surface area contributed by atoms with Crippen molar-refractivity contribution in [3.05, 3.63) is 35.9 Å². The topological polar surface area (TPSA) is 29.3 Å². The maximum Gasteiger partial charge on any atom is 0.0236 e. The highest BCUT2D eigenvalue weighted by molar-refractivity contribution is 5.15. The van der Waals surface area contributed by atoms with Gasteiger partial charge in [-0.2, -0.15) is 0 Å². The number of hydrogen-bond donors (Lipinski definition) is 1. The monoisotopic (exact) mass is 230 g/mol. The second kappa shape index (κ2) is 4.79. The molecule has 0 aromatic heterocycles. The number of piperidine rings is 1. The third-order valence-corrected chi connectivity index (χ3v) is 4.28. The number of hydrogen-bond acceptors (Lipinski definition) is 2. The van der Waals surface area contributed by atoms with E-state index in [0.717, 1.165) is 18.5 Å². The molecule has 92 valence electrons. The summed E-state index contributed by atoms with van der Waals surface area (Å²) in [6.07, 6.45) is 5.34. The lowest BCUT2D eigenvalue weighted by Gasteiger charge is -2.36. The highest BCUT2D eigenvalue weighted by atomic mass is 15.2. The molecule has 2 heteroatoms. The fraction of sp³-hybridized carbons (Fsp3) is 0.600. The molecule has 2 nitrogen and oxygen atoms in total. The maximum atomic E-state index is 6.03. The highest BCUT2D eigenvalue weighted by Crippen LogP contribution is 2.39. The van der Waals surface area contributed by atoms with Crippen LogP contribution in [0, 0.1) is 5.92 Å². The molecule has 0 amide bonds. The Bertz CT molecular complexity index is 362. The van der Waals surface area contributed by atoms with Gasteiger partial charge < -0.3 is 5.73 Å². The molecule has 3 rings (SSSR count). The van der Waals surface area contributed by atoms with E-state index in [4.69, 9.17) is 5.73 Å². The van der Waals surface area contributed by atoms with Crippen LogP contribution in [0.1, 0.15) is 31.2 Å². The summed E-state index contributed by atoms with van der Waals surface area (Å²) in [5.74, 6) is 0.777. The van der Waals surface area contributed by atoms with E-state index in [9.17, 15) is 0 Å². The Kier molecular flexibility index (Phi) is 3.17. The lowest BCUT2D eigenvalue weighted by atomic mass is 9.97. The van der Waals surface area contributed by atoms with Crippen molar-refractivity contribution in [3.63, 3.8) is 0 Å². The van der Waals surface area contributed by atoms with Gasteiger partial charge in [0.05, 0.1) is 0 Å². The number of nitrogens with two attached hydrogens (primary N) is 1. The van der Waals surface area contributed by atoms with Crippen molar-refractivity contribution in [2.75, 3.05) is 6.54 Å². The minimum Gasteiger partial charge on any atom is -0.327 e. The van der Waals surface area contributed by atoms with Crippen molar-refractivity contribution in [1.82, 2.24) is 4.90 Å². The molecule has 1 aliphatic carbocycles. The van der Waals surface area contributed by atoms with Gasteiger partial charge in [0, 0.05) is 18.6 Å². The van der Waals surface area contributed by atoms with Gasteiger partial charge in [-0.15, -0.1) is 0 Å². The van der Waals surface area contributed by atoms with E-state index in [1.165, 1.54) is 37.8 Å². The summed E-state index contributed by atoms with van der Waals surface area (Å²) in [5.41, 5.74) is 7.46. The van der Waals surface area contributed by atoms with Crippen LogP contribution in [0.15, 0.2) is 30.3 Å². The quantitative estimate of drug-likeness (QED) is 0.864. The zero-order valence-corrected chi connectivity index (χ0v) is 10.4. The van der Waals surface area contributed by atoms with Crippen molar-refractivity contribution >= 4 is 0 Å². The first kappa shape index (κ1) is 11.2. The summed E-state index contributed by atoms with van der Waals surface area (Å²) in [7, 11) is 0. The van der Waals surface area contributed by atoms with Crippen LogP contribution in [0.2, 0.25) is 0 Å². The van der Waals surface area contributed by atoms with Crippen molar-refractivity contribution in [2.45, 2.75) is 44.3 Å². The molecule has 2 N–H and O–H groups in total. The Morgan fingerprint density at radius 1 is 1.18 bits per heavy atom. The molecule has 1 aromatic carbocycles. The molecule has 0 spiro atoms. The van der Waals surface area contributed by atoms with Crippen LogP contribution in [0.5, 0.6) is 0 Å². The molecular formula is C15H22N2. The van der Waals surface area contributed by atoms with E-state index in [-0.39, 0.29) is 0 Å². The molecule has 0 radical (unpaired) electrons. The molecule has 1 aliphatic heterocycles. The Labute approximate surface area is 104 Å². The van der Waals surface area contributed by atoms with Crippen molar-refractivity contribution < 1.29 is 0 Å². The van der Waals surface area contributed by atoms with Crippen LogP contribution >= 0.6 is 0 Å². The molecule has 1 saturated carbocycles. The smallest absolute Gasteiger partial charge is 0.0236 e. The van der Waals surface area contributed by atoms with E-state index < -0.39 is 0 Å². The Balaban J connectivity index is 1.67. The summed E-state index contributed by atoms with van der Waals surface area (Å²) in [4.78, 5) is 2.66. The Morgan fingerprint density at radius 3 is 2.65 bits per heavy atom. The second-order valence-corrected chi connectivity index (χ2v) is 5.58. The van der Waals surface area contributed by atoms with Crippen LogP contribution in [0.4, 0.5) is 0 Å². The maximum absolute atomic E-state index is 6.03. The van der Waals surface area contributed by atoms with Crippen LogP contribution in [-0.2, 0) is 6.54 Å². The van der Waals surface area contributed by atoms with Crippen LogP contribution in [-0.4, -0.2) is 23.5 Å². The molecule has 17 heavy (non-hydrogen) atoms. The molecule has 3 atom stereocenters. The van der Waals surface area contributed by atoms with Gasteiger partial charge in [-0.05, 0) is 37.3 Å². The van der Waals surface area contributed by atoms with E-state index in [2.05, 4.69) is 35.2 Å². The predicted molar refractivity (Wildman–Crippen MR) is 70.6 cm³/mol. The molecule has 0 bridgehead atoms. The average Bonchev–Trinajstić information content (AvgIpc) is 3.08. The van der Waals surface area contributed by atoms with Gasteiger partial charge in [0.2, 0.25) is 0 Å².